The lowest BCUT2D eigenvalue weighted by molar-refractivity contribution is 0.183. The Morgan fingerprint density at radius 2 is 2.10 bits per heavy atom. The van der Waals surface area contributed by atoms with E-state index in [1.807, 2.05) is 31.2 Å². The Hall–Kier alpha value is -1.44. The summed E-state index contributed by atoms with van der Waals surface area (Å²) in [6.07, 6.45) is 0.477. The predicted molar refractivity (Wildman–Crippen MR) is 78.9 cm³/mol. The molecular weight excluding hydrogens is 314 g/mol. The largest absolute Gasteiger partial charge is 0.383 e. The van der Waals surface area contributed by atoms with Gasteiger partial charge < -0.3 is 4.74 Å². The number of rotatable bonds is 6. The second kappa shape index (κ2) is 6.55. The monoisotopic (exact) mass is 329 g/mol. The van der Waals surface area contributed by atoms with E-state index in [0.29, 0.717) is 25.4 Å². The van der Waals surface area contributed by atoms with E-state index >= 15 is 0 Å². The van der Waals surface area contributed by atoms with Gasteiger partial charge in [0, 0.05) is 30.8 Å². The van der Waals surface area contributed by atoms with E-state index < -0.39 is 9.05 Å². The van der Waals surface area contributed by atoms with Gasteiger partial charge in [-0.25, -0.2) is 8.42 Å². The Kier molecular flexibility index (Phi) is 4.97. The minimum atomic E-state index is -3.94. The molecule has 114 valence electrons. The molecule has 2 rings (SSSR count). The minimum absolute atomic E-state index is 0.246. The van der Waals surface area contributed by atoms with Crippen molar-refractivity contribution in [2.75, 3.05) is 13.7 Å². The molecule has 21 heavy (non-hydrogen) atoms. The molecule has 0 spiro atoms. The van der Waals surface area contributed by atoms with Crippen LogP contribution in [-0.2, 0) is 26.8 Å². The summed E-state index contributed by atoms with van der Waals surface area (Å²) in [4.78, 5) is 0. The Morgan fingerprint density at radius 3 is 2.71 bits per heavy atom. The lowest BCUT2D eigenvalue weighted by Gasteiger charge is -2.08. The van der Waals surface area contributed by atoms with Crippen molar-refractivity contribution in [3.63, 3.8) is 0 Å². The molecule has 6 nitrogen and oxygen atoms in total. The molecule has 1 aromatic heterocycles. The van der Waals surface area contributed by atoms with Gasteiger partial charge in [0.05, 0.1) is 6.61 Å². The van der Waals surface area contributed by atoms with Crippen LogP contribution in [0, 0.1) is 6.92 Å². The first-order chi connectivity index (χ1) is 9.91. The van der Waals surface area contributed by atoms with Crippen LogP contribution in [0.15, 0.2) is 29.4 Å². The highest BCUT2D eigenvalue weighted by Crippen LogP contribution is 2.17. The fraction of sp³-hybridized carbons (Fsp3) is 0.385. The Morgan fingerprint density at radius 1 is 1.33 bits per heavy atom. The average molecular weight is 330 g/mol. The van der Waals surface area contributed by atoms with Gasteiger partial charge in [0.1, 0.15) is 5.82 Å². The van der Waals surface area contributed by atoms with E-state index in [2.05, 4.69) is 10.2 Å². The van der Waals surface area contributed by atoms with Crippen LogP contribution in [0.5, 0.6) is 0 Å². The van der Waals surface area contributed by atoms with Crippen LogP contribution >= 0.6 is 10.7 Å². The molecule has 0 bridgehead atoms. The maximum atomic E-state index is 11.5. The van der Waals surface area contributed by atoms with E-state index in [1.165, 1.54) is 4.57 Å². The second-order valence-electron chi connectivity index (χ2n) is 4.65. The third-order valence-corrected chi connectivity index (χ3v) is 4.13. The van der Waals surface area contributed by atoms with Crippen LogP contribution in [0.2, 0.25) is 0 Å². The molecule has 0 fully saturated rings. The molecule has 0 unspecified atom stereocenters. The van der Waals surface area contributed by atoms with E-state index in [-0.39, 0.29) is 5.16 Å². The van der Waals surface area contributed by atoms with Crippen molar-refractivity contribution >= 4 is 19.7 Å². The number of hydrogen-bond donors (Lipinski definition) is 0. The molecule has 1 aromatic carbocycles. The van der Waals surface area contributed by atoms with E-state index in [0.717, 1.165) is 11.1 Å². The van der Waals surface area contributed by atoms with Crippen molar-refractivity contribution in [1.82, 2.24) is 14.8 Å². The average Bonchev–Trinajstić information content (AvgIpc) is 2.79. The zero-order valence-electron chi connectivity index (χ0n) is 11.8. The molecule has 0 aliphatic heterocycles. The van der Waals surface area contributed by atoms with Crippen molar-refractivity contribution in [2.24, 2.45) is 0 Å². The second-order valence-corrected chi connectivity index (χ2v) is 7.11. The molecule has 0 saturated heterocycles. The molecule has 2 aromatic rings. The van der Waals surface area contributed by atoms with E-state index in [1.54, 1.807) is 7.11 Å². The third kappa shape index (κ3) is 4.03. The molecule has 1 heterocycles. The third-order valence-electron chi connectivity index (χ3n) is 2.98. The number of methoxy groups -OCH3 is 1. The highest BCUT2D eigenvalue weighted by molar-refractivity contribution is 8.13. The number of hydrogen-bond acceptors (Lipinski definition) is 5. The number of halogens is 1. The molecule has 0 aliphatic rings. The van der Waals surface area contributed by atoms with Crippen LogP contribution < -0.4 is 0 Å². The summed E-state index contributed by atoms with van der Waals surface area (Å²) < 4.78 is 29.5. The highest BCUT2D eigenvalue weighted by atomic mass is 35.7. The van der Waals surface area contributed by atoms with Crippen molar-refractivity contribution < 1.29 is 13.2 Å². The zero-order chi connectivity index (χ0) is 15.5. The molecule has 0 N–H and O–H groups in total. The van der Waals surface area contributed by atoms with Crippen LogP contribution in [0.4, 0.5) is 0 Å². The van der Waals surface area contributed by atoms with Crippen molar-refractivity contribution in [1.29, 1.82) is 0 Å². The van der Waals surface area contributed by atoms with Gasteiger partial charge in [-0.2, -0.15) is 0 Å². The van der Waals surface area contributed by atoms with Crippen LogP contribution in [0.1, 0.15) is 17.0 Å². The lowest BCUT2D eigenvalue weighted by Crippen LogP contribution is -2.13. The summed E-state index contributed by atoms with van der Waals surface area (Å²) in [6.45, 7) is 2.66. The Labute approximate surface area is 128 Å². The fourth-order valence-corrected chi connectivity index (χ4v) is 2.98. The summed E-state index contributed by atoms with van der Waals surface area (Å²) in [5.41, 5.74) is 2.15. The lowest BCUT2D eigenvalue weighted by atomic mass is 10.1. The fourth-order valence-electron chi connectivity index (χ4n) is 2.04. The van der Waals surface area contributed by atoms with Gasteiger partial charge >= 0.3 is 0 Å². The van der Waals surface area contributed by atoms with Gasteiger partial charge in [-0.05, 0) is 12.5 Å². The molecule has 8 heteroatoms. The molecular formula is C13H16ClN3O3S. The van der Waals surface area contributed by atoms with Crippen molar-refractivity contribution in [2.45, 2.75) is 25.0 Å². The molecule has 0 saturated carbocycles. The van der Waals surface area contributed by atoms with Crippen LogP contribution in [0.25, 0.3) is 0 Å². The van der Waals surface area contributed by atoms with Gasteiger partial charge in [0.2, 0.25) is 0 Å². The number of aryl methyl sites for hydroxylation is 1. The number of nitrogens with zero attached hydrogens (tertiary/aromatic N) is 3. The first-order valence-corrected chi connectivity index (χ1v) is 8.64. The van der Waals surface area contributed by atoms with E-state index in [4.69, 9.17) is 15.4 Å². The summed E-state index contributed by atoms with van der Waals surface area (Å²) in [5.74, 6) is 0.539. The number of ether oxygens (including phenoxy) is 1. The van der Waals surface area contributed by atoms with Gasteiger partial charge in [-0.3, -0.25) is 4.57 Å². The summed E-state index contributed by atoms with van der Waals surface area (Å²) >= 11 is 0. The van der Waals surface area contributed by atoms with Gasteiger partial charge in [-0.1, -0.05) is 29.8 Å². The first-order valence-electron chi connectivity index (χ1n) is 6.33. The maximum absolute atomic E-state index is 11.5. The summed E-state index contributed by atoms with van der Waals surface area (Å²) in [7, 11) is 3.00. The molecule has 0 radical (unpaired) electrons. The Bertz CT molecular complexity index is 728. The minimum Gasteiger partial charge on any atom is -0.383 e. The Balaban J connectivity index is 2.37. The van der Waals surface area contributed by atoms with Gasteiger partial charge in [-0.15, -0.1) is 10.2 Å². The predicted octanol–water partition coefficient (Wildman–Crippen LogP) is 1.75. The summed E-state index contributed by atoms with van der Waals surface area (Å²) in [6, 6.07) is 7.91. The topological polar surface area (TPSA) is 74.1 Å². The number of aromatic nitrogens is 3. The summed E-state index contributed by atoms with van der Waals surface area (Å²) in [5, 5.41) is 7.40. The highest BCUT2D eigenvalue weighted by Gasteiger charge is 2.22. The maximum Gasteiger partial charge on any atom is 0.296 e. The quantitative estimate of drug-likeness (QED) is 0.755. The van der Waals surface area contributed by atoms with Gasteiger partial charge in [0.25, 0.3) is 14.2 Å². The molecule has 0 amide bonds. The van der Waals surface area contributed by atoms with E-state index in [9.17, 15) is 8.42 Å². The van der Waals surface area contributed by atoms with Crippen molar-refractivity contribution in [3.8, 4) is 0 Å². The zero-order valence-corrected chi connectivity index (χ0v) is 13.4. The normalized spacial score (nSPS) is 11.8. The van der Waals surface area contributed by atoms with Crippen molar-refractivity contribution in [3.05, 3.63) is 41.2 Å². The smallest absolute Gasteiger partial charge is 0.296 e. The molecule has 0 atom stereocenters. The van der Waals surface area contributed by atoms with Gasteiger partial charge in [0.15, 0.2) is 0 Å². The first kappa shape index (κ1) is 15.9. The standard InChI is InChI=1S/C13H16ClN3O3S/c1-10-4-3-5-11(8-10)9-12-15-16-13(21(14,18)19)17(12)6-7-20-2/h3-5,8H,6-7,9H2,1-2H3. The SMILES string of the molecule is COCCn1c(Cc2cccc(C)c2)nnc1S(=O)(=O)Cl. The molecule has 0 aliphatic carbocycles. The number of benzene rings is 1. The van der Waals surface area contributed by atoms with Crippen LogP contribution in [-0.4, -0.2) is 36.9 Å². The van der Waals surface area contributed by atoms with Crippen LogP contribution in [0.3, 0.4) is 0 Å².